The van der Waals surface area contributed by atoms with Gasteiger partial charge in [-0.25, -0.2) is 0 Å². The van der Waals surface area contributed by atoms with Gasteiger partial charge < -0.3 is 9.84 Å². The summed E-state index contributed by atoms with van der Waals surface area (Å²) in [5.74, 6) is -0.460. The standard InChI is InChI=1S/C18H23ClNO2P/c1-3-14-23(21,22-4-2)18(16-12-8-9-13-17(16)19)20-15-10-6-5-7-11-15/h5-13,18,20H,3-4,14H2,1-2H3. The predicted molar refractivity (Wildman–Crippen MR) is 98.6 cm³/mol. The number of hydrogen-bond donors (Lipinski definition) is 1. The molecule has 0 aliphatic rings. The molecule has 23 heavy (non-hydrogen) atoms. The van der Waals surface area contributed by atoms with Crippen molar-refractivity contribution in [1.29, 1.82) is 0 Å². The summed E-state index contributed by atoms with van der Waals surface area (Å²) < 4.78 is 19.3. The fourth-order valence-corrected chi connectivity index (χ4v) is 5.49. The summed E-state index contributed by atoms with van der Waals surface area (Å²) in [4.78, 5) is 0. The minimum absolute atomic E-state index is 0.411. The Hall–Kier alpha value is -1.28. The lowest BCUT2D eigenvalue weighted by atomic mass is 10.2. The first-order valence-corrected chi connectivity index (χ1v) is 10.2. The van der Waals surface area contributed by atoms with Gasteiger partial charge in [0.15, 0.2) is 0 Å². The molecule has 2 aromatic carbocycles. The Balaban J connectivity index is 2.46. The summed E-state index contributed by atoms with van der Waals surface area (Å²) >= 11 is 6.37. The van der Waals surface area contributed by atoms with Crippen molar-refractivity contribution in [3.63, 3.8) is 0 Å². The number of anilines is 1. The van der Waals surface area contributed by atoms with Crippen LogP contribution in [0.1, 0.15) is 31.6 Å². The van der Waals surface area contributed by atoms with Crippen LogP contribution in [-0.4, -0.2) is 12.8 Å². The third-order valence-corrected chi connectivity index (χ3v) is 6.86. The van der Waals surface area contributed by atoms with Gasteiger partial charge in [-0.05, 0) is 31.5 Å². The Morgan fingerprint density at radius 3 is 2.35 bits per heavy atom. The number of halogens is 1. The molecular weight excluding hydrogens is 329 g/mol. The van der Waals surface area contributed by atoms with Crippen molar-refractivity contribution >= 4 is 24.7 Å². The summed E-state index contributed by atoms with van der Waals surface area (Å²) in [5, 5.41) is 3.97. The van der Waals surface area contributed by atoms with E-state index in [2.05, 4.69) is 5.32 Å². The third-order valence-electron chi connectivity index (χ3n) is 3.55. The molecule has 0 radical (unpaired) electrons. The first-order valence-electron chi connectivity index (χ1n) is 7.90. The van der Waals surface area contributed by atoms with Crippen LogP contribution < -0.4 is 5.32 Å². The third kappa shape index (κ3) is 4.60. The highest BCUT2D eigenvalue weighted by Crippen LogP contribution is 2.61. The smallest absolute Gasteiger partial charge is 0.229 e. The van der Waals surface area contributed by atoms with Gasteiger partial charge in [0.05, 0.1) is 6.61 Å². The summed E-state index contributed by atoms with van der Waals surface area (Å²) in [6.45, 7) is 4.29. The van der Waals surface area contributed by atoms with Crippen molar-refractivity contribution < 1.29 is 9.09 Å². The average Bonchev–Trinajstić information content (AvgIpc) is 2.55. The molecule has 2 atom stereocenters. The van der Waals surface area contributed by atoms with E-state index >= 15 is 0 Å². The lowest BCUT2D eigenvalue weighted by Crippen LogP contribution is -2.15. The van der Waals surface area contributed by atoms with E-state index in [4.69, 9.17) is 16.1 Å². The molecule has 0 spiro atoms. The Bertz CT molecular complexity index is 653. The Morgan fingerprint density at radius 1 is 1.09 bits per heavy atom. The molecule has 2 unspecified atom stereocenters. The van der Waals surface area contributed by atoms with Crippen LogP contribution in [0.2, 0.25) is 5.02 Å². The second-order valence-corrected chi connectivity index (χ2v) is 8.38. The molecule has 0 heterocycles. The largest absolute Gasteiger partial charge is 0.370 e. The second-order valence-electron chi connectivity index (χ2n) is 5.30. The molecule has 0 aromatic heterocycles. The van der Waals surface area contributed by atoms with E-state index in [-0.39, 0.29) is 0 Å². The molecular formula is C18H23ClNO2P. The SMILES string of the molecule is CCCP(=O)(OCC)C(Nc1ccccc1)c1ccccc1Cl. The maximum absolute atomic E-state index is 13.5. The van der Waals surface area contributed by atoms with E-state index in [1.54, 1.807) is 0 Å². The maximum atomic E-state index is 13.5. The van der Waals surface area contributed by atoms with E-state index < -0.39 is 13.2 Å². The summed E-state index contributed by atoms with van der Waals surface area (Å²) in [6.07, 6.45) is 1.30. The fraction of sp³-hybridized carbons (Fsp3) is 0.333. The van der Waals surface area contributed by atoms with Gasteiger partial charge in [-0.1, -0.05) is 54.9 Å². The quantitative estimate of drug-likeness (QED) is 0.577. The lowest BCUT2D eigenvalue weighted by Gasteiger charge is -2.29. The van der Waals surface area contributed by atoms with Crippen molar-refractivity contribution in [2.24, 2.45) is 0 Å². The van der Waals surface area contributed by atoms with E-state index in [9.17, 15) is 4.57 Å². The zero-order valence-corrected chi connectivity index (χ0v) is 15.2. The van der Waals surface area contributed by atoms with Crippen molar-refractivity contribution in [1.82, 2.24) is 0 Å². The summed E-state index contributed by atoms with van der Waals surface area (Å²) in [6, 6.07) is 17.2. The molecule has 5 heteroatoms. The highest BCUT2D eigenvalue weighted by molar-refractivity contribution is 7.59. The highest BCUT2D eigenvalue weighted by atomic mass is 35.5. The normalized spacial score (nSPS) is 14.9. The molecule has 2 rings (SSSR count). The minimum atomic E-state index is -2.94. The van der Waals surface area contributed by atoms with Gasteiger partial charge in [0.25, 0.3) is 0 Å². The van der Waals surface area contributed by atoms with Crippen LogP contribution in [0.5, 0.6) is 0 Å². The monoisotopic (exact) mass is 351 g/mol. The van der Waals surface area contributed by atoms with Gasteiger partial charge in [-0.15, -0.1) is 0 Å². The molecule has 3 nitrogen and oxygen atoms in total. The highest BCUT2D eigenvalue weighted by Gasteiger charge is 2.35. The Kier molecular flexibility index (Phi) is 6.71. The number of para-hydroxylation sites is 1. The molecule has 0 bridgehead atoms. The summed E-state index contributed by atoms with van der Waals surface area (Å²) in [7, 11) is -2.94. The van der Waals surface area contributed by atoms with Gasteiger partial charge in [0, 0.05) is 22.4 Å². The molecule has 0 amide bonds. The zero-order chi connectivity index (χ0) is 16.7. The summed E-state index contributed by atoms with van der Waals surface area (Å²) in [5.41, 5.74) is 1.71. The predicted octanol–water partition coefficient (Wildman–Crippen LogP) is 6.18. The molecule has 0 aliphatic carbocycles. The Labute approximate surface area is 143 Å². The molecule has 0 saturated carbocycles. The number of benzene rings is 2. The second kappa shape index (κ2) is 8.54. The van der Waals surface area contributed by atoms with E-state index in [0.717, 1.165) is 17.7 Å². The van der Waals surface area contributed by atoms with Crippen molar-refractivity contribution in [2.75, 3.05) is 18.1 Å². The van der Waals surface area contributed by atoms with Crippen LogP contribution in [0.15, 0.2) is 54.6 Å². The number of nitrogens with one attached hydrogen (secondary N) is 1. The molecule has 2 aromatic rings. The van der Waals surface area contributed by atoms with Crippen LogP contribution >= 0.6 is 19.0 Å². The lowest BCUT2D eigenvalue weighted by molar-refractivity contribution is 0.327. The van der Waals surface area contributed by atoms with Crippen molar-refractivity contribution in [3.8, 4) is 0 Å². The molecule has 0 saturated heterocycles. The van der Waals surface area contributed by atoms with Gasteiger partial charge in [0.2, 0.25) is 7.37 Å². The van der Waals surface area contributed by atoms with Gasteiger partial charge in [-0.3, -0.25) is 4.57 Å². The number of rotatable bonds is 8. The van der Waals surface area contributed by atoms with Crippen LogP contribution in [0, 0.1) is 0 Å². The first kappa shape index (κ1) is 18.1. The van der Waals surface area contributed by atoms with Crippen LogP contribution in [-0.2, 0) is 9.09 Å². The Morgan fingerprint density at radius 2 is 1.74 bits per heavy atom. The van der Waals surface area contributed by atoms with Crippen LogP contribution in [0.25, 0.3) is 0 Å². The van der Waals surface area contributed by atoms with Gasteiger partial charge in [0.1, 0.15) is 5.78 Å². The topological polar surface area (TPSA) is 38.3 Å². The van der Waals surface area contributed by atoms with Gasteiger partial charge >= 0.3 is 0 Å². The molecule has 1 N–H and O–H groups in total. The molecule has 0 aliphatic heterocycles. The number of hydrogen-bond acceptors (Lipinski definition) is 3. The zero-order valence-electron chi connectivity index (χ0n) is 13.5. The van der Waals surface area contributed by atoms with Gasteiger partial charge in [-0.2, -0.15) is 0 Å². The fourth-order valence-electron chi connectivity index (χ4n) is 2.58. The van der Waals surface area contributed by atoms with Crippen molar-refractivity contribution in [2.45, 2.75) is 26.1 Å². The van der Waals surface area contributed by atoms with Crippen LogP contribution in [0.3, 0.4) is 0 Å². The van der Waals surface area contributed by atoms with Crippen LogP contribution in [0.4, 0.5) is 5.69 Å². The van der Waals surface area contributed by atoms with E-state index in [1.165, 1.54) is 0 Å². The minimum Gasteiger partial charge on any atom is -0.370 e. The van der Waals surface area contributed by atoms with E-state index in [1.807, 2.05) is 68.4 Å². The molecule has 124 valence electrons. The first-order chi connectivity index (χ1) is 11.1. The molecule has 0 fully saturated rings. The van der Waals surface area contributed by atoms with Crippen molar-refractivity contribution in [3.05, 3.63) is 65.2 Å². The van der Waals surface area contributed by atoms with E-state index in [0.29, 0.717) is 17.8 Å². The average molecular weight is 352 g/mol. The maximum Gasteiger partial charge on any atom is 0.229 e.